The Labute approximate surface area is 188 Å². The molecule has 2 N–H and O–H groups in total. The highest BCUT2D eigenvalue weighted by molar-refractivity contribution is 5.89. The highest BCUT2D eigenvalue weighted by atomic mass is 19.1. The second-order valence-corrected chi connectivity index (χ2v) is 7.70. The van der Waals surface area contributed by atoms with Gasteiger partial charge in [-0.15, -0.1) is 0 Å². The molecule has 0 fully saturated rings. The average Bonchev–Trinajstić information content (AvgIpc) is 3.44. The monoisotopic (exact) mass is 454 g/mol. The Bertz CT molecular complexity index is 1140. The highest BCUT2D eigenvalue weighted by Crippen LogP contribution is 2.34. The molecule has 0 aromatic heterocycles. The van der Waals surface area contributed by atoms with Crippen LogP contribution in [0.15, 0.2) is 54.6 Å². The first-order valence-corrected chi connectivity index (χ1v) is 10.3. The Morgan fingerprint density at radius 1 is 0.788 bits per heavy atom. The minimum Gasteiger partial charge on any atom is -0.454 e. The van der Waals surface area contributed by atoms with Gasteiger partial charge in [0.2, 0.25) is 13.6 Å². The summed E-state index contributed by atoms with van der Waals surface area (Å²) in [4.78, 5) is 12.6. The predicted octanol–water partition coefficient (Wildman–Crippen LogP) is 4.40. The van der Waals surface area contributed by atoms with Crippen molar-refractivity contribution in [3.05, 3.63) is 77.4 Å². The van der Waals surface area contributed by atoms with Crippen LogP contribution in [0.2, 0.25) is 0 Å². The van der Waals surface area contributed by atoms with Crippen molar-refractivity contribution in [3.8, 4) is 23.0 Å². The van der Waals surface area contributed by atoms with Gasteiger partial charge in [0.1, 0.15) is 11.6 Å². The zero-order valence-corrected chi connectivity index (χ0v) is 17.4. The van der Waals surface area contributed by atoms with Crippen molar-refractivity contribution in [2.75, 3.05) is 18.9 Å². The van der Waals surface area contributed by atoms with Gasteiger partial charge in [-0.1, -0.05) is 12.1 Å². The number of carbonyl (C=O) groups is 1. The maximum absolute atomic E-state index is 14.0. The number of hydrogen-bond acceptors (Lipinski definition) is 5. The van der Waals surface area contributed by atoms with Crippen LogP contribution in [-0.2, 0) is 12.8 Å². The molecule has 0 atom stereocenters. The number of ether oxygens (including phenoxy) is 4. The molecule has 7 nitrogen and oxygen atoms in total. The van der Waals surface area contributed by atoms with Gasteiger partial charge >= 0.3 is 6.03 Å². The van der Waals surface area contributed by atoms with E-state index in [1.165, 1.54) is 6.07 Å². The van der Waals surface area contributed by atoms with Crippen LogP contribution in [0, 0.1) is 11.6 Å². The fourth-order valence-electron chi connectivity index (χ4n) is 3.81. The van der Waals surface area contributed by atoms with Crippen LogP contribution in [0.1, 0.15) is 11.1 Å². The third kappa shape index (κ3) is 4.77. The Balaban J connectivity index is 1.33. The second-order valence-electron chi connectivity index (χ2n) is 7.70. The Morgan fingerprint density at radius 2 is 1.36 bits per heavy atom. The lowest BCUT2D eigenvalue weighted by Gasteiger charge is -2.20. The molecule has 2 aliphatic rings. The Kier molecular flexibility index (Phi) is 5.60. The van der Waals surface area contributed by atoms with Crippen LogP contribution in [0.25, 0.3) is 0 Å². The molecule has 0 saturated heterocycles. The smallest absolute Gasteiger partial charge is 0.319 e. The summed E-state index contributed by atoms with van der Waals surface area (Å²) in [5.41, 5.74) is 1.75. The van der Waals surface area contributed by atoms with Crippen LogP contribution in [-0.4, -0.2) is 25.7 Å². The van der Waals surface area contributed by atoms with E-state index >= 15 is 0 Å². The van der Waals surface area contributed by atoms with Gasteiger partial charge in [-0.05, 0) is 60.4 Å². The molecule has 0 saturated carbocycles. The molecule has 0 radical (unpaired) electrons. The van der Waals surface area contributed by atoms with Crippen LogP contribution in [0.3, 0.4) is 0 Å². The number of carbonyl (C=O) groups excluding carboxylic acids is 1. The van der Waals surface area contributed by atoms with Crippen LogP contribution < -0.4 is 29.6 Å². The summed E-state index contributed by atoms with van der Waals surface area (Å²) in [5.74, 6) is 1.06. The molecule has 3 aromatic rings. The zero-order chi connectivity index (χ0) is 22.8. The van der Waals surface area contributed by atoms with Gasteiger partial charge in [-0.2, -0.15) is 0 Å². The lowest BCUT2D eigenvalue weighted by atomic mass is 9.98. The molecule has 9 heteroatoms. The van der Waals surface area contributed by atoms with Crippen molar-refractivity contribution in [2.24, 2.45) is 0 Å². The van der Waals surface area contributed by atoms with Gasteiger partial charge in [0.15, 0.2) is 23.0 Å². The largest absolute Gasteiger partial charge is 0.454 e. The molecule has 2 amide bonds. The fraction of sp³-hybridized carbons (Fsp3) is 0.208. The van der Waals surface area contributed by atoms with Gasteiger partial charge in [0.25, 0.3) is 0 Å². The van der Waals surface area contributed by atoms with E-state index in [1.54, 1.807) is 0 Å². The lowest BCUT2D eigenvalue weighted by Crippen LogP contribution is -2.40. The number of rotatable bonds is 6. The van der Waals surface area contributed by atoms with Crippen molar-refractivity contribution in [1.82, 2.24) is 5.32 Å². The minimum absolute atomic E-state index is 0.112. The molecule has 0 aliphatic carbocycles. The number of amides is 2. The van der Waals surface area contributed by atoms with Gasteiger partial charge in [-0.25, -0.2) is 13.6 Å². The molecule has 2 aliphatic heterocycles. The maximum atomic E-state index is 14.0. The summed E-state index contributed by atoms with van der Waals surface area (Å²) in [6.45, 7) is 0.340. The molecule has 170 valence electrons. The molecule has 2 heterocycles. The number of urea groups is 1. The van der Waals surface area contributed by atoms with E-state index in [-0.39, 0.29) is 25.3 Å². The van der Waals surface area contributed by atoms with E-state index in [4.69, 9.17) is 18.9 Å². The molecule has 0 spiro atoms. The minimum atomic E-state index is -0.853. The third-order valence-corrected chi connectivity index (χ3v) is 5.35. The van der Waals surface area contributed by atoms with E-state index in [9.17, 15) is 13.6 Å². The predicted molar refractivity (Wildman–Crippen MR) is 115 cm³/mol. The summed E-state index contributed by atoms with van der Waals surface area (Å²) in [5, 5.41) is 5.33. The average molecular weight is 454 g/mol. The molecule has 5 rings (SSSR count). The summed E-state index contributed by atoms with van der Waals surface area (Å²) < 4.78 is 48.7. The number of halogens is 2. The number of hydrogen-bond donors (Lipinski definition) is 2. The third-order valence-electron chi connectivity index (χ3n) is 5.35. The molecular weight excluding hydrogens is 434 g/mol. The van der Waals surface area contributed by atoms with Crippen molar-refractivity contribution in [3.63, 3.8) is 0 Å². The fourth-order valence-corrected chi connectivity index (χ4v) is 3.81. The van der Waals surface area contributed by atoms with Crippen LogP contribution in [0.5, 0.6) is 23.0 Å². The van der Waals surface area contributed by atoms with Crippen molar-refractivity contribution in [1.29, 1.82) is 0 Å². The number of anilines is 1. The molecule has 0 bridgehead atoms. The second kappa shape index (κ2) is 8.85. The highest BCUT2D eigenvalue weighted by Gasteiger charge is 2.20. The molecule has 0 unspecified atom stereocenters. The van der Waals surface area contributed by atoms with Gasteiger partial charge in [0, 0.05) is 12.1 Å². The molecule has 33 heavy (non-hydrogen) atoms. The van der Waals surface area contributed by atoms with Gasteiger partial charge in [0.05, 0.1) is 5.69 Å². The van der Waals surface area contributed by atoms with E-state index in [0.717, 1.165) is 17.2 Å². The van der Waals surface area contributed by atoms with Crippen molar-refractivity contribution in [2.45, 2.75) is 18.9 Å². The molecule has 3 aromatic carbocycles. The topological polar surface area (TPSA) is 78.1 Å². The van der Waals surface area contributed by atoms with E-state index in [1.807, 2.05) is 36.4 Å². The normalized spacial score (nSPS) is 13.3. The molecular formula is C24H20F2N2O5. The zero-order valence-electron chi connectivity index (χ0n) is 17.4. The van der Waals surface area contributed by atoms with Crippen LogP contribution in [0.4, 0.5) is 19.3 Å². The quantitative estimate of drug-likeness (QED) is 0.578. The number of nitrogens with one attached hydrogen (secondary N) is 2. The van der Waals surface area contributed by atoms with Crippen molar-refractivity contribution >= 4 is 11.7 Å². The first-order valence-electron chi connectivity index (χ1n) is 10.3. The Hall–Kier alpha value is -4.01. The van der Waals surface area contributed by atoms with Gasteiger partial charge < -0.3 is 29.6 Å². The lowest BCUT2D eigenvalue weighted by molar-refractivity contribution is 0.173. The summed E-state index contributed by atoms with van der Waals surface area (Å²) in [6, 6.07) is 13.2. The summed E-state index contributed by atoms with van der Waals surface area (Å²) in [7, 11) is 0. The maximum Gasteiger partial charge on any atom is 0.319 e. The number of benzene rings is 3. The summed E-state index contributed by atoms with van der Waals surface area (Å²) in [6.07, 6.45) is 0.953. The van der Waals surface area contributed by atoms with E-state index in [2.05, 4.69) is 10.6 Å². The van der Waals surface area contributed by atoms with Crippen LogP contribution >= 0.6 is 0 Å². The Morgan fingerprint density at radius 3 is 1.94 bits per heavy atom. The van der Waals surface area contributed by atoms with Gasteiger partial charge in [-0.3, -0.25) is 0 Å². The first-order chi connectivity index (χ1) is 16.0. The van der Waals surface area contributed by atoms with E-state index < -0.39 is 17.7 Å². The standard InChI is InChI=1S/C24H20F2N2O5/c25-16-3-4-19(18(26)11-16)28-24(29)27-17(7-14-1-5-20-22(9-14)32-12-30-20)8-15-2-6-21-23(10-15)33-13-31-21/h1-6,9-11,17H,7-8,12-13H2,(H2,27,28,29). The van der Waals surface area contributed by atoms with E-state index in [0.29, 0.717) is 41.9 Å². The number of fused-ring (bicyclic) bond motifs is 2. The van der Waals surface area contributed by atoms with Crippen molar-refractivity contribution < 1.29 is 32.5 Å². The summed E-state index contributed by atoms with van der Waals surface area (Å²) >= 11 is 0. The SMILES string of the molecule is O=C(Nc1ccc(F)cc1F)NC(Cc1ccc2c(c1)OCO2)Cc1ccc2c(c1)OCO2. The first kappa shape index (κ1) is 20.9.